The van der Waals surface area contributed by atoms with Crippen LogP contribution in [0, 0.1) is 5.92 Å². The van der Waals surface area contributed by atoms with Crippen molar-refractivity contribution in [2.75, 3.05) is 30.9 Å². The molecule has 1 aromatic rings. The molecule has 1 rings (SSSR count). The molecule has 4 N–H and O–H groups in total. The summed E-state index contributed by atoms with van der Waals surface area (Å²) in [6, 6.07) is 8.17. The van der Waals surface area contributed by atoms with Gasteiger partial charge in [0.25, 0.3) is 0 Å². The van der Waals surface area contributed by atoms with Crippen molar-refractivity contribution in [3.8, 4) is 0 Å². The number of carbonyl (C=O) groups excluding carboxylic acids is 2. The number of nitrogens with two attached hydrogens (primary N) is 1. The third-order valence-corrected chi connectivity index (χ3v) is 7.42. The van der Waals surface area contributed by atoms with Crippen LogP contribution in [0.15, 0.2) is 30.3 Å². The third kappa shape index (κ3) is 14.2. The van der Waals surface area contributed by atoms with Gasteiger partial charge in [-0.05, 0) is 31.7 Å². The van der Waals surface area contributed by atoms with Gasteiger partial charge in [0.05, 0.1) is 18.5 Å². The summed E-state index contributed by atoms with van der Waals surface area (Å²) in [5, 5.41) is 6.11. The second-order valence-corrected chi connectivity index (χ2v) is 12.4. The minimum Gasteiger partial charge on any atom is -0.461 e. The number of amides is 1. The van der Waals surface area contributed by atoms with Gasteiger partial charge >= 0.3 is 5.97 Å². The molecule has 0 spiro atoms. The maximum absolute atomic E-state index is 13.4. The number of benzene rings is 1. The van der Waals surface area contributed by atoms with Gasteiger partial charge in [-0.1, -0.05) is 50.6 Å². The maximum Gasteiger partial charge on any atom is 0.328 e. The molecule has 11 heteroatoms. The number of sulfone groups is 1. The van der Waals surface area contributed by atoms with E-state index in [1.807, 2.05) is 30.3 Å². The van der Waals surface area contributed by atoms with Crippen molar-refractivity contribution in [3.05, 3.63) is 35.9 Å². The minimum absolute atomic E-state index is 0.0473. The Labute approximate surface area is 228 Å². The van der Waals surface area contributed by atoms with E-state index in [4.69, 9.17) is 15.2 Å². The Kier molecular flexibility index (Phi) is 15.4. The molecule has 1 aromatic carbocycles. The van der Waals surface area contributed by atoms with Crippen molar-refractivity contribution in [2.24, 2.45) is 11.7 Å². The SMILES string of the molecule is CC[C@@H](C)[C@@H](CO[C@@H](Cc1ccccc1)C(=O)N[C@@H](CCS(C)(=O)=O)C(=O)OC(C)C)NC[C@H](N)CS. The van der Waals surface area contributed by atoms with Gasteiger partial charge in [0.1, 0.15) is 22.0 Å². The van der Waals surface area contributed by atoms with Crippen LogP contribution < -0.4 is 16.4 Å². The number of rotatable bonds is 18. The van der Waals surface area contributed by atoms with Crippen LogP contribution in [0.3, 0.4) is 0 Å². The average Bonchev–Trinajstić information content (AvgIpc) is 2.84. The van der Waals surface area contributed by atoms with Crippen LogP contribution in [-0.4, -0.2) is 81.5 Å². The van der Waals surface area contributed by atoms with Gasteiger partial charge in [0.2, 0.25) is 5.91 Å². The lowest BCUT2D eigenvalue weighted by atomic mass is 9.99. The lowest BCUT2D eigenvalue weighted by Gasteiger charge is -2.28. The molecule has 0 aliphatic carbocycles. The summed E-state index contributed by atoms with van der Waals surface area (Å²) in [7, 11) is -3.35. The van der Waals surface area contributed by atoms with E-state index in [0.29, 0.717) is 12.3 Å². The van der Waals surface area contributed by atoms with Gasteiger partial charge in [-0.25, -0.2) is 13.2 Å². The molecular weight excluding hydrogens is 514 g/mol. The molecule has 0 aromatic heterocycles. The number of hydrogen-bond acceptors (Lipinski definition) is 9. The Morgan fingerprint density at radius 2 is 1.78 bits per heavy atom. The normalized spacial score (nSPS) is 16.0. The molecule has 9 nitrogen and oxygen atoms in total. The van der Waals surface area contributed by atoms with E-state index in [1.165, 1.54) is 0 Å². The zero-order valence-electron chi connectivity index (χ0n) is 22.7. The van der Waals surface area contributed by atoms with Crippen LogP contribution in [-0.2, 0) is 35.3 Å². The van der Waals surface area contributed by atoms with Crippen molar-refractivity contribution >= 4 is 34.3 Å². The smallest absolute Gasteiger partial charge is 0.328 e. The molecule has 0 bridgehead atoms. The predicted molar refractivity (Wildman–Crippen MR) is 150 cm³/mol. The van der Waals surface area contributed by atoms with Crippen LogP contribution >= 0.6 is 12.6 Å². The highest BCUT2D eigenvalue weighted by Crippen LogP contribution is 2.13. The summed E-state index contributed by atoms with van der Waals surface area (Å²) in [5.41, 5.74) is 6.91. The zero-order valence-corrected chi connectivity index (χ0v) is 24.4. The number of thiol groups is 1. The number of esters is 1. The fraction of sp³-hybridized carbons (Fsp3) is 0.692. The standard InChI is InChI=1S/C26H45N3O6S2/c1-6-19(4)23(28-15-21(27)17-36)16-34-24(14-20-10-8-7-9-11-20)25(30)29-22(12-13-37(5,32)33)26(31)35-18(2)3/h7-11,18-19,21-24,28,36H,6,12-17,27H2,1-5H3,(H,29,30)/t19-,21+,22+,23-,24+/m1/s1. The first-order valence-electron chi connectivity index (χ1n) is 12.8. The Morgan fingerprint density at radius 3 is 2.32 bits per heavy atom. The van der Waals surface area contributed by atoms with E-state index in [0.717, 1.165) is 18.2 Å². The molecule has 0 saturated carbocycles. The highest BCUT2D eigenvalue weighted by molar-refractivity contribution is 7.90. The number of carbonyl (C=O) groups is 2. The Balaban J connectivity index is 3.08. The molecule has 5 atom stereocenters. The van der Waals surface area contributed by atoms with Crippen molar-refractivity contribution in [1.29, 1.82) is 0 Å². The fourth-order valence-corrected chi connectivity index (χ4v) is 4.30. The van der Waals surface area contributed by atoms with Gasteiger partial charge in [-0.15, -0.1) is 0 Å². The molecule has 212 valence electrons. The van der Waals surface area contributed by atoms with Gasteiger partial charge in [-0.2, -0.15) is 12.6 Å². The van der Waals surface area contributed by atoms with Gasteiger partial charge < -0.3 is 25.8 Å². The lowest BCUT2D eigenvalue weighted by molar-refractivity contribution is -0.153. The highest BCUT2D eigenvalue weighted by atomic mass is 32.2. The molecule has 0 saturated heterocycles. The van der Waals surface area contributed by atoms with Crippen molar-refractivity contribution in [3.63, 3.8) is 0 Å². The van der Waals surface area contributed by atoms with Crippen molar-refractivity contribution in [2.45, 2.75) is 77.3 Å². The molecular formula is C26H45N3O6S2. The van der Waals surface area contributed by atoms with Crippen LogP contribution in [0.2, 0.25) is 0 Å². The molecule has 0 unspecified atom stereocenters. The van der Waals surface area contributed by atoms with Gasteiger partial charge in [0.15, 0.2) is 0 Å². The summed E-state index contributed by atoms with van der Waals surface area (Å²) in [4.78, 5) is 26.1. The summed E-state index contributed by atoms with van der Waals surface area (Å²) in [5.74, 6) is -0.637. The van der Waals surface area contributed by atoms with Crippen LogP contribution in [0.4, 0.5) is 0 Å². The topological polar surface area (TPSA) is 137 Å². The summed E-state index contributed by atoms with van der Waals surface area (Å²) >= 11 is 4.24. The summed E-state index contributed by atoms with van der Waals surface area (Å²) in [6.45, 7) is 8.38. The molecule has 0 aliphatic rings. The first-order valence-corrected chi connectivity index (χ1v) is 15.5. The fourth-order valence-electron chi connectivity index (χ4n) is 3.51. The summed E-state index contributed by atoms with van der Waals surface area (Å²) < 4.78 is 34.9. The number of hydrogen-bond donors (Lipinski definition) is 4. The van der Waals surface area contributed by atoms with E-state index >= 15 is 0 Å². The second kappa shape index (κ2) is 17.0. The van der Waals surface area contributed by atoms with Gasteiger partial charge in [0, 0.05) is 37.1 Å². The molecule has 1 amide bonds. The monoisotopic (exact) mass is 559 g/mol. The third-order valence-electron chi connectivity index (χ3n) is 5.97. The van der Waals surface area contributed by atoms with Crippen LogP contribution in [0.25, 0.3) is 0 Å². The van der Waals surface area contributed by atoms with E-state index in [1.54, 1.807) is 13.8 Å². The molecule has 0 aliphatic heterocycles. The van der Waals surface area contributed by atoms with Gasteiger partial charge in [-0.3, -0.25) is 4.79 Å². The molecule has 0 radical (unpaired) electrons. The van der Waals surface area contributed by atoms with E-state index in [9.17, 15) is 18.0 Å². The number of ether oxygens (including phenoxy) is 2. The Bertz CT molecular complexity index is 914. The van der Waals surface area contributed by atoms with E-state index in [-0.39, 0.29) is 43.2 Å². The van der Waals surface area contributed by atoms with Crippen molar-refractivity contribution < 1.29 is 27.5 Å². The quantitative estimate of drug-likeness (QED) is 0.158. The van der Waals surface area contributed by atoms with E-state index in [2.05, 4.69) is 37.1 Å². The summed E-state index contributed by atoms with van der Waals surface area (Å²) in [6.07, 6.45) is 0.875. The zero-order chi connectivity index (χ0) is 28.0. The average molecular weight is 560 g/mol. The molecule has 37 heavy (non-hydrogen) atoms. The predicted octanol–water partition coefficient (Wildman–Crippen LogP) is 1.75. The molecule has 0 fully saturated rings. The highest BCUT2D eigenvalue weighted by Gasteiger charge is 2.30. The minimum atomic E-state index is -3.35. The maximum atomic E-state index is 13.4. The largest absolute Gasteiger partial charge is 0.461 e. The lowest BCUT2D eigenvalue weighted by Crippen LogP contribution is -2.50. The first kappa shape index (κ1) is 33.4. The first-order chi connectivity index (χ1) is 17.4. The Hall–Kier alpha value is -1.66. The van der Waals surface area contributed by atoms with Crippen LogP contribution in [0.1, 0.15) is 46.1 Å². The van der Waals surface area contributed by atoms with E-state index < -0.39 is 40.0 Å². The Morgan fingerprint density at radius 1 is 1.14 bits per heavy atom. The second-order valence-electron chi connectivity index (χ2n) is 9.82. The van der Waals surface area contributed by atoms with Crippen LogP contribution in [0.5, 0.6) is 0 Å². The van der Waals surface area contributed by atoms with Crippen molar-refractivity contribution in [1.82, 2.24) is 10.6 Å². The number of nitrogens with one attached hydrogen (secondary N) is 2. The molecule has 0 heterocycles.